The summed E-state index contributed by atoms with van der Waals surface area (Å²) >= 11 is 3.54. The standard InChI is InChI=1S/C13H18BrNO2/c1-2-8-17-10-13(16)15-9-12(14)11-6-4-3-5-7-11/h3-7,12H,2,8-10H2,1H3,(H,15,16). The fourth-order valence-corrected chi connectivity index (χ4v) is 1.81. The van der Waals surface area contributed by atoms with Gasteiger partial charge in [-0.25, -0.2) is 0 Å². The van der Waals surface area contributed by atoms with Crippen molar-refractivity contribution in [1.82, 2.24) is 5.32 Å². The van der Waals surface area contributed by atoms with Crippen LogP contribution in [-0.4, -0.2) is 25.7 Å². The van der Waals surface area contributed by atoms with Crippen molar-refractivity contribution in [2.75, 3.05) is 19.8 Å². The van der Waals surface area contributed by atoms with Gasteiger partial charge in [-0.05, 0) is 12.0 Å². The fraction of sp³-hybridized carbons (Fsp3) is 0.462. The van der Waals surface area contributed by atoms with Crippen LogP contribution in [0.3, 0.4) is 0 Å². The van der Waals surface area contributed by atoms with E-state index in [-0.39, 0.29) is 17.3 Å². The van der Waals surface area contributed by atoms with E-state index in [9.17, 15) is 4.79 Å². The van der Waals surface area contributed by atoms with E-state index in [2.05, 4.69) is 21.2 Å². The zero-order valence-electron chi connectivity index (χ0n) is 9.99. The highest BCUT2D eigenvalue weighted by Gasteiger charge is 2.08. The van der Waals surface area contributed by atoms with E-state index < -0.39 is 0 Å². The lowest BCUT2D eigenvalue weighted by molar-refractivity contribution is -0.125. The van der Waals surface area contributed by atoms with E-state index in [1.54, 1.807) is 0 Å². The molecule has 4 heteroatoms. The molecule has 1 aromatic carbocycles. The number of carbonyl (C=O) groups excluding carboxylic acids is 1. The molecule has 1 N–H and O–H groups in total. The first-order chi connectivity index (χ1) is 8.24. The van der Waals surface area contributed by atoms with E-state index in [1.807, 2.05) is 37.3 Å². The van der Waals surface area contributed by atoms with E-state index in [4.69, 9.17) is 4.74 Å². The Labute approximate surface area is 111 Å². The Kier molecular flexibility index (Phi) is 6.89. The van der Waals surface area contributed by atoms with Gasteiger partial charge in [-0.1, -0.05) is 53.2 Å². The Morgan fingerprint density at radius 2 is 2.12 bits per heavy atom. The molecule has 0 aromatic heterocycles. The van der Waals surface area contributed by atoms with Crippen molar-refractivity contribution in [3.05, 3.63) is 35.9 Å². The van der Waals surface area contributed by atoms with Crippen molar-refractivity contribution < 1.29 is 9.53 Å². The second-order valence-corrected chi connectivity index (χ2v) is 4.84. The van der Waals surface area contributed by atoms with Gasteiger partial charge in [0.15, 0.2) is 0 Å². The molecule has 1 unspecified atom stereocenters. The molecule has 0 radical (unpaired) electrons. The number of benzene rings is 1. The minimum atomic E-state index is -0.0705. The minimum absolute atomic E-state index is 0.0705. The Morgan fingerprint density at radius 3 is 2.76 bits per heavy atom. The number of alkyl halides is 1. The maximum Gasteiger partial charge on any atom is 0.246 e. The molecule has 94 valence electrons. The SMILES string of the molecule is CCCOCC(=O)NCC(Br)c1ccccc1. The Bertz CT molecular complexity index is 329. The quantitative estimate of drug-likeness (QED) is 0.621. The number of rotatable bonds is 7. The third-order valence-corrected chi connectivity index (χ3v) is 3.07. The largest absolute Gasteiger partial charge is 0.372 e. The van der Waals surface area contributed by atoms with E-state index in [0.29, 0.717) is 13.2 Å². The number of amides is 1. The van der Waals surface area contributed by atoms with Crippen molar-refractivity contribution in [3.8, 4) is 0 Å². The minimum Gasteiger partial charge on any atom is -0.372 e. The number of ether oxygens (including phenoxy) is 1. The van der Waals surface area contributed by atoms with Crippen molar-refractivity contribution in [2.24, 2.45) is 0 Å². The van der Waals surface area contributed by atoms with Gasteiger partial charge in [0.1, 0.15) is 6.61 Å². The Balaban J connectivity index is 2.24. The molecule has 3 nitrogen and oxygen atoms in total. The highest BCUT2D eigenvalue weighted by atomic mass is 79.9. The van der Waals surface area contributed by atoms with E-state index in [0.717, 1.165) is 12.0 Å². The molecule has 1 atom stereocenters. The summed E-state index contributed by atoms with van der Waals surface area (Å²) in [5.74, 6) is -0.0705. The van der Waals surface area contributed by atoms with Gasteiger partial charge in [-0.3, -0.25) is 4.79 Å². The van der Waals surface area contributed by atoms with Gasteiger partial charge >= 0.3 is 0 Å². The molecular weight excluding hydrogens is 282 g/mol. The molecule has 0 aliphatic carbocycles. The molecule has 0 saturated carbocycles. The Morgan fingerprint density at radius 1 is 1.41 bits per heavy atom. The molecule has 1 amide bonds. The van der Waals surface area contributed by atoms with Crippen LogP contribution in [0.5, 0.6) is 0 Å². The van der Waals surface area contributed by atoms with Crippen LogP contribution in [0.15, 0.2) is 30.3 Å². The number of halogens is 1. The number of carbonyl (C=O) groups is 1. The van der Waals surface area contributed by atoms with Crippen LogP contribution in [0.4, 0.5) is 0 Å². The average Bonchev–Trinajstić information content (AvgIpc) is 2.37. The van der Waals surface area contributed by atoms with Crippen LogP contribution in [0.1, 0.15) is 23.7 Å². The summed E-state index contributed by atoms with van der Waals surface area (Å²) in [6.07, 6.45) is 0.929. The third kappa shape index (κ3) is 5.84. The molecule has 0 aliphatic rings. The monoisotopic (exact) mass is 299 g/mol. The molecule has 0 fully saturated rings. The highest BCUT2D eigenvalue weighted by Crippen LogP contribution is 2.20. The van der Waals surface area contributed by atoms with Crippen molar-refractivity contribution >= 4 is 21.8 Å². The predicted octanol–water partition coefficient (Wildman–Crippen LogP) is 2.67. The summed E-state index contributed by atoms with van der Waals surface area (Å²) in [6.45, 7) is 3.35. The fourth-order valence-electron chi connectivity index (χ4n) is 1.34. The topological polar surface area (TPSA) is 38.3 Å². The van der Waals surface area contributed by atoms with Gasteiger partial charge in [0.25, 0.3) is 0 Å². The van der Waals surface area contributed by atoms with Crippen molar-refractivity contribution in [3.63, 3.8) is 0 Å². The average molecular weight is 300 g/mol. The summed E-state index contributed by atoms with van der Waals surface area (Å²) in [4.78, 5) is 11.5. The van der Waals surface area contributed by atoms with Gasteiger partial charge in [0.2, 0.25) is 5.91 Å². The van der Waals surface area contributed by atoms with Crippen LogP contribution in [-0.2, 0) is 9.53 Å². The molecular formula is C13H18BrNO2. The zero-order chi connectivity index (χ0) is 12.5. The lowest BCUT2D eigenvalue weighted by atomic mass is 10.1. The summed E-state index contributed by atoms with van der Waals surface area (Å²) in [5.41, 5.74) is 1.15. The smallest absolute Gasteiger partial charge is 0.246 e. The normalized spacial score (nSPS) is 12.1. The second-order valence-electron chi connectivity index (χ2n) is 3.73. The molecule has 1 aromatic rings. The summed E-state index contributed by atoms with van der Waals surface area (Å²) < 4.78 is 5.16. The zero-order valence-corrected chi connectivity index (χ0v) is 11.6. The lowest BCUT2D eigenvalue weighted by Gasteiger charge is -2.11. The first-order valence-corrected chi connectivity index (χ1v) is 6.69. The van der Waals surface area contributed by atoms with E-state index >= 15 is 0 Å². The predicted molar refractivity (Wildman–Crippen MR) is 72.2 cm³/mol. The van der Waals surface area contributed by atoms with Crippen LogP contribution < -0.4 is 5.32 Å². The lowest BCUT2D eigenvalue weighted by Crippen LogP contribution is -2.30. The van der Waals surface area contributed by atoms with Crippen LogP contribution in [0.25, 0.3) is 0 Å². The van der Waals surface area contributed by atoms with Crippen LogP contribution >= 0.6 is 15.9 Å². The molecule has 0 spiro atoms. The van der Waals surface area contributed by atoms with Crippen molar-refractivity contribution in [2.45, 2.75) is 18.2 Å². The summed E-state index contributed by atoms with van der Waals surface area (Å²) in [6, 6.07) is 9.99. The molecule has 0 bridgehead atoms. The first-order valence-electron chi connectivity index (χ1n) is 5.77. The molecule has 0 heterocycles. The van der Waals surface area contributed by atoms with Crippen molar-refractivity contribution in [1.29, 1.82) is 0 Å². The number of hydrogen-bond donors (Lipinski definition) is 1. The first kappa shape index (κ1) is 14.2. The number of hydrogen-bond acceptors (Lipinski definition) is 2. The second kappa shape index (κ2) is 8.25. The summed E-state index contributed by atoms with van der Waals surface area (Å²) in [5, 5.41) is 2.83. The summed E-state index contributed by atoms with van der Waals surface area (Å²) in [7, 11) is 0. The third-order valence-electron chi connectivity index (χ3n) is 2.22. The molecule has 0 aliphatic heterocycles. The molecule has 17 heavy (non-hydrogen) atoms. The van der Waals surface area contributed by atoms with E-state index in [1.165, 1.54) is 0 Å². The van der Waals surface area contributed by atoms with Gasteiger partial charge in [-0.2, -0.15) is 0 Å². The van der Waals surface area contributed by atoms with Gasteiger partial charge < -0.3 is 10.1 Å². The molecule has 0 saturated heterocycles. The highest BCUT2D eigenvalue weighted by molar-refractivity contribution is 9.09. The van der Waals surface area contributed by atoms with Crippen LogP contribution in [0, 0.1) is 0 Å². The number of nitrogens with one attached hydrogen (secondary N) is 1. The van der Waals surface area contributed by atoms with Gasteiger partial charge in [0.05, 0.1) is 4.83 Å². The van der Waals surface area contributed by atoms with Gasteiger partial charge in [0, 0.05) is 13.2 Å². The van der Waals surface area contributed by atoms with Gasteiger partial charge in [-0.15, -0.1) is 0 Å². The Hall–Kier alpha value is -0.870. The maximum atomic E-state index is 11.4. The molecule has 1 rings (SSSR count). The maximum absolute atomic E-state index is 11.4. The van der Waals surface area contributed by atoms with Crippen LogP contribution in [0.2, 0.25) is 0 Å².